The quantitative estimate of drug-likeness (QED) is 0.868. The van der Waals surface area contributed by atoms with Crippen LogP contribution in [0.25, 0.3) is 0 Å². The number of hydrogen-bond donors (Lipinski definition) is 1. The monoisotopic (exact) mass is 329 g/mol. The van der Waals surface area contributed by atoms with Gasteiger partial charge >= 0.3 is 0 Å². The first kappa shape index (κ1) is 14.4. The maximum atomic E-state index is 10.8. The lowest BCUT2D eigenvalue weighted by Crippen LogP contribution is -1.97. The van der Waals surface area contributed by atoms with Crippen molar-refractivity contribution in [3.63, 3.8) is 0 Å². The van der Waals surface area contributed by atoms with E-state index in [0.29, 0.717) is 17.9 Å². The highest BCUT2D eigenvalue weighted by atomic mass is 35.7. The van der Waals surface area contributed by atoms with E-state index in [-0.39, 0.29) is 5.03 Å². The van der Waals surface area contributed by atoms with E-state index in [1.165, 1.54) is 18.9 Å². The minimum atomic E-state index is -3.65. The van der Waals surface area contributed by atoms with Gasteiger partial charge in [-0.3, -0.25) is 9.36 Å². The zero-order valence-corrected chi connectivity index (χ0v) is 12.8. The summed E-state index contributed by atoms with van der Waals surface area (Å²) in [6.07, 6.45) is 8.26. The molecular weight excluding hydrogens is 314 g/mol. The Bertz CT molecular complexity index is 730. The van der Waals surface area contributed by atoms with Gasteiger partial charge in [-0.25, -0.2) is 8.42 Å². The molecule has 9 heteroatoms. The van der Waals surface area contributed by atoms with Gasteiger partial charge in [0.1, 0.15) is 5.82 Å². The molecule has 0 spiro atoms. The first-order chi connectivity index (χ1) is 9.93. The van der Waals surface area contributed by atoms with Crippen molar-refractivity contribution in [1.29, 1.82) is 0 Å². The number of hydrogen-bond acceptors (Lipinski definition) is 5. The second kappa shape index (κ2) is 5.34. The van der Waals surface area contributed by atoms with E-state index >= 15 is 0 Å². The lowest BCUT2D eigenvalue weighted by atomic mass is 10.6. The first-order valence-electron chi connectivity index (χ1n) is 6.74. The molecule has 0 amide bonds. The van der Waals surface area contributed by atoms with E-state index in [4.69, 9.17) is 16.4 Å². The SMILES string of the molecule is Nc1ccn(C2CC2)n1.O=S(=O)(Cl)c1ccn(C2CC2)n1. The van der Waals surface area contributed by atoms with Crippen molar-refractivity contribution in [3.8, 4) is 0 Å². The largest absolute Gasteiger partial charge is 0.382 e. The highest BCUT2D eigenvalue weighted by molar-refractivity contribution is 8.13. The van der Waals surface area contributed by atoms with Crippen molar-refractivity contribution in [2.75, 3.05) is 5.73 Å². The molecule has 2 aromatic rings. The lowest BCUT2D eigenvalue weighted by Gasteiger charge is -1.93. The van der Waals surface area contributed by atoms with E-state index in [1.54, 1.807) is 10.9 Å². The predicted octanol–water partition coefficient (Wildman–Crippen LogP) is 1.95. The lowest BCUT2D eigenvalue weighted by molar-refractivity contribution is 0.589. The number of anilines is 1. The van der Waals surface area contributed by atoms with Gasteiger partial charge in [-0.15, -0.1) is 0 Å². The van der Waals surface area contributed by atoms with Crippen molar-refractivity contribution in [2.45, 2.75) is 42.8 Å². The van der Waals surface area contributed by atoms with Crippen LogP contribution in [0.4, 0.5) is 5.82 Å². The van der Waals surface area contributed by atoms with Crippen molar-refractivity contribution in [1.82, 2.24) is 19.6 Å². The summed E-state index contributed by atoms with van der Waals surface area (Å²) in [5.74, 6) is 0.627. The van der Waals surface area contributed by atoms with Crippen LogP contribution in [-0.4, -0.2) is 28.0 Å². The highest BCUT2D eigenvalue weighted by Crippen LogP contribution is 2.34. The Morgan fingerprint density at radius 3 is 1.95 bits per heavy atom. The van der Waals surface area contributed by atoms with Crippen LogP contribution in [0.3, 0.4) is 0 Å². The van der Waals surface area contributed by atoms with Gasteiger partial charge in [0, 0.05) is 23.1 Å². The molecule has 0 aromatic carbocycles. The minimum Gasteiger partial charge on any atom is -0.382 e. The van der Waals surface area contributed by atoms with Crippen LogP contribution in [0.2, 0.25) is 0 Å². The Balaban J connectivity index is 0.000000131. The third-order valence-electron chi connectivity index (χ3n) is 3.30. The Hall–Kier alpha value is -1.54. The Morgan fingerprint density at radius 1 is 1.05 bits per heavy atom. The average Bonchev–Trinajstić information content (AvgIpc) is 3.34. The van der Waals surface area contributed by atoms with Gasteiger partial charge in [0.25, 0.3) is 9.05 Å². The fourth-order valence-corrected chi connectivity index (χ4v) is 2.55. The van der Waals surface area contributed by atoms with Crippen LogP contribution >= 0.6 is 10.7 Å². The van der Waals surface area contributed by atoms with Crippen molar-refractivity contribution in [3.05, 3.63) is 24.5 Å². The summed E-state index contributed by atoms with van der Waals surface area (Å²) in [5, 5.41) is 7.85. The molecule has 2 aromatic heterocycles. The van der Waals surface area contributed by atoms with Gasteiger partial charge in [-0.05, 0) is 37.8 Å². The molecule has 7 nitrogen and oxygen atoms in total. The summed E-state index contributed by atoms with van der Waals surface area (Å²) in [4.78, 5) is 0. The molecule has 2 fully saturated rings. The Morgan fingerprint density at radius 2 is 1.57 bits per heavy atom. The molecule has 0 unspecified atom stereocenters. The van der Waals surface area contributed by atoms with Gasteiger partial charge in [-0.2, -0.15) is 10.2 Å². The fraction of sp³-hybridized carbons (Fsp3) is 0.500. The van der Waals surface area contributed by atoms with Gasteiger partial charge in [0.15, 0.2) is 5.03 Å². The Labute approximate surface area is 127 Å². The number of aromatic nitrogens is 4. The molecule has 0 saturated heterocycles. The maximum Gasteiger partial charge on any atom is 0.280 e. The molecule has 2 aliphatic carbocycles. The number of nitrogens with two attached hydrogens (primary N) is 1. The summed E-state index contributed by atoms with van der Waals surface area (Å²) in [7, 11) is 1.45. The van der Waals surface area contributed by atoms with E-state index < -0.39 is 9.05 Å². The van der Waals surface area contributed by atoms with E-state index in [2.05, 4.69) is 10.2 Å². The van der Waals surface area contributed by atoms with Crippen LogP contribution in [0.1, 0.15) is 37.8 Å². The van der Waals surface area contributed by atoms with Gasteiger partial charge in [0.2, 0.25) is 0 Å². The molecule has 0 radical (unpaired) electrons. The van der Waals surface area contributed by atoms with Gasteiger partial charge < -0.3 is 5.73 Å². The third-order valence-corrected chi connectivity index (χ3v) is 4.50. The van der Waals surface area contributed by atoms with E-state index in [9.17, 15) is 8.42 Å². The average molecular weight is 330 g/mol. The molecule has 2 N–H and O–H groups in total. The number of nitrogens with zero attached hydrogens (tertiary/aromatic N) is 4. The molecule has 21 heavy (non-hydrogen) atoms. The summed E-state index contributed by atoms with van der Waals surface area (Å²) >= 11 is 0. The normalized spacial score (nSPS) is 18.1. The standard InChI is InChI=1S/C6H7ClN2O2S.C6H9N3/c7-12(10,11)6-3-4-9(8-6)5-1-2-5;7-6-3-4-9(8-6)5-1-2-5/h3-5H,1-2H2;3-5H,1-2H2,(H2,7,8). The molecular formula is C12H16ClN5O2S. The molecule has 2 saturated carbocycles. The van der Waals surface area contributed by atoms with Crippen LogP contribution in [-0.2, 0) is 9.05 Å². The zero-order chi connectivity index (χ0) is 15.0. The number of halogens is 1. The first-order valence-corrected chi connectivity index (χ1v) is 9.05. The van der Waals surface area contributed by atoms with Crippen LogP contribution in [0.5, 0.6) is 0 Å². The molecule has 2 aliphatic rings. The number of rotatable bonds is 3. The molecule has 4 rings (SSSR count). The maximum absolute atomic E-state index is 10.8. The van der Waals surface area contributed by atoms with Gasteiger partial charge in [0.05, 0.1) is 12.1 Å². The molecule has 114 valence electrons. The smallest absolute Gasteiger partial charge is 0.280 e. The topological polar surface area (TPSA) is 95.8 Å². The molecule has 0 aliphatic heterocycles. The molecule has 0 bridgehead atoms. The van der Waals surface area contributed by atoms with Crippen LogP contribution in [0.15, 0.2) is 29.6 Å². The van der Waals surface area contributed by atoms with E-state index in [0.717, 1.165) is 12.8 Å². The minimum absolute atomic E-state index is 0.0592. The summed E-state index contributed by atoms with van der Waals surface area (Å²) in [6, 6.07) is 4.29. The zero-order valence-electron chi connectivity index (χ0n) is 11.3. The van der Waals surface area contributed by atoms with Crippen LogP contribution < -0.4 is 5.73 Å². The van der Waals surface area contributed by atoms with Crippen molar-refractivity contribution in [2.24, 2.45) is 0 Å². The third kappa shape index (κ3) is 3.76. The van der Waals surface area contributed by atoms with Gasteiger partial charge in [-0.1, -0.05) is 0 Å². The highest BCUT2D eigenvalue weighted by Gasteiger charge is 2.26. The Kier molecular flexibility index (Phi) is 3.66. The van der Waals surface area contributed by atoms with Crippen molar-refractivity contribution < 1.29 is 8.42 Å². The summed E-state index contributed by atoms with van der Waals surface area (Å²) < 4.78 is 25.1. The van der Waals surface area contributed by atoms with Crippen LogP contribution in [0, 0.1) is 0 Å². The molecule has 0 atom stereocenters. The predicted molar refractivity (Wildman–Crippen MR) is 78.4 cm³/mol. The van der Waals surface area contributed by atoms with E-state index in [1.807, 2.05) is 16.9 Å². The second-order valence-electron chi connectivity index (χ2n) is 5.25. The number of nitrogen functional groups attached to an aromatic ring is 1. The van der Waals surface area contributed by atoms with Crippen molar-refractivity contribution >= 4 is 25.6 Å². The second-order valence-corrected chi connectivity index (χ2v) is 7.77. The fourth-order valence-electron chi connectivity index (χ4n) is 1.89. The summed E-state index contributed by atoms with van der Waals surface area (Å²) in [6.45, 7) is 0. The molecule has 2 heterocycles. The summed E-state index contributed by atoms with van der Waals surface area (Å²) in [5.41, 5.74) is 5.41.